The van der Waals surface area contributed by atoms with E-state index in [9.17, 15) is 5.11 Å². The monoisotopic (exact) mass is 208 g/mol. The van der Waals surface area contributed by atoms with E-state index >= 15 is 0 Å². The van der Waals surface area contributed by atoms with E-state index in [-0.39, 0.29) is 6.10 Å². The zero-order valence-corrected chi connectivity index (χ0v) is 9.04. The van der Waals surface area contributed by atoms with Crippen molar-refractivity contribution in [1.29, 1.82) is 0 Å². The Morgan fingerprint density at radius 1 is 1.50 bits per heavy atom. The molecule has 1 aliphatic carbocycles. The van der Waals surface area contributed by atoms with E-state index in [1.54, 1.807) is 11.3 Å². The maximum Gasteiger partial charge on any atom is 0.0619 e. The van der Waals surface area contributed by atoms with Gasteiger partial charge in [-0.3, -0.25) is 0 Å². The first-order valence-corrected chi connectivity index (χ1v) is 6.09. The fraction of sp³-hybridized carbons (Fsp3) is 0.500. The van der Waals surface area contributed by atoms with Crippen molar-refractivity contribution in [2.24, 2.45) is 5.92 Å². The average molecular weight is 208 g/mol. The zero-order chi connectivity index (χ0) is 9.80. The number of thiophene rings is 1. The summed E-state index contributed by atoms with van der Waals surface area (Å²) in [5, 5.41) is 12.1. The van der Waals surface area contributed by atoms with Gasteiger partial charge in [0.1, 0.15) is 0 Å². The number of hydrogen-bond donors (Lipinski definition) is 1. The molecule has 2 heteroatoms. The third-order valence-electron chi connectivity index (χ3n) is 2.84. The number of aliphatic hydroxyl groups excluding tert-OH is 1. The van der Waals surface area contributed by atoms with Gasteiger partial charge in [-0.05, 0) is 36.6 Å². The van der Waals surface area contributed by atoms with Gasteiger partial charge in [-0.15, -0.1) is 11.3 Å². The Morgan fingerprint density at radius 3 is 3.07 bits per heavy atom. The second-order valence-electron chi connectivity index (χ2n) is 3.90. The van der Waals surface area contributed by atoms with Gasteiger partial charge in [0.15, 0.2) is 0 Å². The lowest BCUT2D eigenvalue weighted by molar-refractivity contribution is 0.103. The molecule has 0 saturated carbocycles. The van der Waals surface area contributed by atoms with Crippen molar-refractivity contribution in [3.63, 3.8) is 0 Å². The summed E-state index contributed by atoms with van der Waals surface area (Å²) in [5.41, 5.74) is 0. The Hall–Kier alpha value is -0.600. The van der Waals surface area contributed by atoms with Crippen molar-refractivity contribution >= 4 is 11.3 Å². The van der Waals surface area contributed by atoms with E-state index in [1.165, 1.54) is 4.88 Å². The Morgan fingerprint density at radius 2 is 2.43 bits per heavy atom. The first-order chi connectivity index (χ1) is 6.86. The first-order valence-electron chi connectivity index (χ1n) is 5.21. The lowest BCUT2D eigenvalue weighted by Gasteiger charge is -2.23. The zero-order valence-electron chi connectivity index (χ0n) is 8.23. The Labute approximate surface area is 89.1 Å². The topological polar surface area (TPSA) is 20.2 Å². The van der Waals surface area contributed by atoms with Crippen LogP contribution in [0.2, 0.25) is 0 Å². The Kier molecular flexibility index (Phi) is 3.38. The van der Waals surface area contributed by atoms with Crippen LogP contribution < -0.4 is 0 Å². The molecule has 0 amide bonds. The number of aliphatic hydroxyl groups is 1. The van der Waals surface area contributed by atoms with Crippen LogP contribution in [0.1, 0.15) is 24.1 Å². The van der Waals surface area contributed by atoms with Gasteiger partial charge < -0.3 is 5.11 Å². The lowest BCUT2D eigenvalue weighted by atomic mass is 9.88. The molecule has 0 bridgehead atoms. The molecular formula is C12H16OS. The molecule has 1 nitrogen and oxygen atoms in total. The molecule has 0 aliphatic heterocycles. The molecule has 1 aromatic rings. The highest BCUT2D eigenvalue weighted by Crippen LogP contribution is 2.24. The molecule has 0 aromatic carbocycles. The Bertz CT molecular complexity index is 289. The molecule has 0 spiro atoms. The molecule has 0 radical (unpaired) electrons. The van der Waals surface area contributed by atoms with Crippen LogP contribution in [0.25, 0.3) is 0 Å². The van der Waals surface area contributed by atoms with E-state index in [1.807, 2.05) is 6.07 Å². The minimum Gasteiger partial charge on any atom is -0.392 e. The van der Waals surface area contributed by atoms with E-state index in [2.05, 4.69) is 23.6 Å². The summed E-state index contributed by atoms with van der Waals surface area (Å²) < 4.78 is 0. The summed E-state index contributed by atoms with van der Waals surface area (Å²) in [7, 11) is 0. The third kappa shape index (κ3) is 2.46. The predicted molar refractivity (Wildman–Crippen MR) is 60.5 cm³/mol. The largest absolute Gasteiger partial charge is 0.392 e. The van der Waals surface area contributed by atoms with Crippen molar-refractivity contribution in [2.45, 2.75) is 31.8 Å². The van der Waals surface area contributed by atoms with Gasteiger partial charge in [0.05, 0.1) is 6.10 Å². The van der Waals surface area contributed by atoms with Crippen LogP contribution in [0, 0.1) is 5.92 Å². The van der Waals surface area contributed by atoms with Crippen LogP contribution in [-0.2, 0) is 6.42 Å². The van der Waals surface area contributed by atoms with Crippen LogP contribution in [0.3, 0.4) is 0 Å². The van der Waals surface area contributed by atoms with Gasteiger partial charge in [-0.2, -0.15) is 0 Å². The number of hydrogen-bond acceptors (Lipinski definition) is 2. The van der Waals surface area contributed by atoms with Crippen molar-refractivity contribution in [1.82, 2.24) is 0 Å². The van der Waals surface area contributed by atoms with Gasteiger partial charge in [-0.1, -0.05) is 18.2 Å². The SMILES string of the molecule is OC(Cc1cccs1)C1CC=CCC1. The molecule has 1 heterocycles. The van der Waals surface area contributed by atoms with Crippen molar-refractivity contribution in [3.05, 3.63) is 34.5 Å². The molecule has 2 unspecified atom stereocenters. The molecule has 1 N–H and O–H groups in total. The minimum absolute atomic E-state index is 0.154. The van der Waals surface area contributed by atoms with Gasteiger partial charge in [0.2, 0.25) is 0 Å². The molecule has 76 valence electrons. The molecular weight excluding hydrogens is 192 g/mol. The van der Waals surface area contributed by atoms with Crippen LogP contribution in [0.15, 0.2) is 29.7 Å². The van der Waals surface area contributed by atoms with E-state index in [0.29, 0.717) is 5.92 Å². The quantitative estimate of drug-likeness (QED) is 0.757. The normalized spacial score (nSPS) is 23.6. The molecule has 0 fully saturated rings. The van der Waals surface area contributed by atoms with Crippen molar-refractivity contribution in [3.8, 4) is 0 Å². The van der Waals surface area contributed by atoms with Crippen molar-refractivity contribution < 1.29 is 5.11 Å². The average Bonchev–Trinajstić information content (AvgIpc) is 2.72. The number of allylic oxidation sites excluding steroid dienone is 2. The number of rotatable bonds is 3. The maximum absolute atomic E-state index is 10.0. The minimum atomic E-state index is -0.154. The predicted octanol–water partition coefficient (Wildman–Crippen LogP) is 3.01. The maximum atomic E-state index is 10.0. The van der Waals surface area contributed by atoms with Crippen LogP contribution in [0.4, 0.5) is 0 Å². The highest BCUT2D eigenvalue weighted by atomic mass is 32.1. The summed E-state index contributed by atoms with van der Waals surface area (Å²) in [4.78, 5) is 1.30. The second-order valence-corrected chi connectivity index (χ2v) is 4.93. The highest BCUT2D eigenvalue weighted by molar-refractivity contribution is 7.09. The molecule has 2 atom stereocenters. The van der Waals surface area contributed by atoms with Gasteiger partial charge in [0, 0.05) is 11.3 Å². The Balaban J connectivity index is 1.89. The fourth-order valence-corrected chi connectivity index (χ4v) is 2.72. The van der Waals surface area contributed by atoms with E-state index in [0.717, 1.165) is 25.7 Å². The first kappa shape index (κ1) is 9.94. The van der Waals surface area contributed by atoms with Crippen LogP contribution in [-0.4, -0.2) is 11.2 Å². The van der Waals surface area contributed by atoms with Gasteiger partial charge in [0.25, 0.3) is 0 Å². The van der Waals surface area contributed by atoms with E-state index < -0.39 is 0 Å². The molecule has 14 heavy (non-hydrogen) atoms. The highest BCUT2D eigenvalue weighted by Gasteiger charge is 2.19. The van der Waals surface area contributed by atoms with Crippen LogP contribution in [0.5, 0.6) is 0 Å². The van der Waals surface area contributed by atoms with Crippen LogP contribution >= 0.6 is 11.3 Å². The molecule has 1 aromatic heterocycles. The van der Waals surface area contributed by atoms with Gasteiger partial charge >= 0.3 is 0 Å². The standard InChI is InChI=1S/C12H16OS/c13-12(9-11-7-4-8-14-11)10-5-2-1-3-6-10/h1-2,4,7-8,10,12-13H,3,5-6,9H2. The summed E-state index contributed by atoms with van der Waals surface area (Å²) in [6.45, 7) is 0. The van der Waals surface area contributed by atoms with Gasteiger partial charge in [-0.25, -0.2) is 0 Å². The summed E-state index contributed by atoms with van der Waals surface area (Å²) in [6, 6.07) is 4.15. The van der Waals surface area contributed by atoms with E-state index in [4.69, 9.17) is 0 Å². The second kappa shape index (κ2) is 4.76. The third-order valence-corrected chi connectivity index (χ3v) is 3.74. The fourth-order valence-electron chi connectivity index (χ4n) is 1.97. The molecule has 1 aliphatic rings. The molecule has 2 rings (SSSR count). The summed E-state index contributed by atoms with van der Waals surface area (Å²) in [6.07, 6.45) is 8.41. The lowest BCUT2D eigenvalue weighted by Crippen LogP contribution is -2.23. The smallest absolute Gasteiger partial charge is 0.0619 e. The summed E-state index contributed by atoms with van der Waals surface area (Å²) >= 11 is 1.74. The summed E-state index contributed by atoms with van der Waals surface area (Å²) in [5.74, 6) is 0.474. The molecule has 0 saturated heterocycles. The van der Waals surface area contributed by atoms with Crippen molar-refractivity contribution in [2.75, 3.05) is 0 Å².